The second kappa shape index (κ2) is 9.62. The van der Waals surface area contributed by atoms with Crippen molar-refractivity contribution in [1.29, 1.82) is 0 Å². The van der Waals surface area contributed by atoms with Crippen molar-refractivity contribution in [2.24, 2.45) is 17.3 Å². The van der Waals surface area contributed by atoms with Crippen LogP contribution in [0.5, 0.6) is 0 Å². The molecule has 0 aromatic carbocycles. The van der Waals surface area contributed by atoms with Crippen molar-refractivity contribution in [3.05, 3.63) is 0 Å². The van der Waals surface area contributed by atoms with Crippen molar-refractivity contribution in [2.45, 2.75) is 108 Å². The van der Waals surface area contributed by atoms with Gasteiger partial charge in [0, 0.05) is 12.8 Å². The van der Waals surface area contributed by atoms with Crippen LogP contribution in [0.3, 0.4) is 0 Å². The van der Waals surface area contributed by atoms with Gasteiger partial charge in [0.05, 0.1) is 24.0 Å². The second-order valence-electron chi connectivity index (χ2n) is 11.4. The van der Waals surface area contributed by atoms with E-state index in [2.05, 4.69) is 4.74 Å². The summed E-state index contributed by atoms with van der Waals surface area (Å²) >= 11 is 0. The fourth-order valence-corrected chi connectivity index (χ4v) is 5.94. The molecular formula is C24H33F7O5. The molecule has 5 nitrogen and oxygen atoms in total. The molecule has 2 atom stereocenters. The maximum atomic E-state index is 13.6. The van der Waals surface area contributed by atoms with Gasteiger partial charge >= 0.3 is 24.0 Å². The number of hydrogen-bond acceptors (Lipinski definition) is 5. The molecule has 4 bridgehead atoms. The Kier molecular flexibility index (Phi) is 7.74. The Morgan fingerprint density at radius 1 is 0.917 bits per heavy atom. The zero-order valence-corrected chi connectivity index (χ0v) is 20.6. The molecule has 0 saturated heterocycles. The molecule has 4 aliphatic rings. The minimum Gasteiger partial charge on any atom is -0.464 e. The lowest BCUT2D eigenvalue weighted by molar-refractivity contribution is -0.301. The molecule has 0 heterocycles. The molecule has 0 aromatic rings. The maximum absolute atomic E-state index is 13.6. The van der Waals surface area contributed by atoms with Gasteiger partial charge in [-0.25, -0.2) is 13.6 Å². The van der Waals surface area contributed by atoms with E-state index in [4.69, 9.17) is 9.47 Å². The van der Waals surface area contributed by atoms with E-state index in [1.807, 2.05) is 20.8 Å². The number of halogens is 7. The summed E-state index contributed by atoms with van der Waals surface area (Å²) in [4.78, 5) is 24.9. The first kappa shape index (κ1) is 29.0. The quantitative estimate of drug-likeness (QED) is 0.232. The Labute approximate surface area is 205 Å². The van der Waals surface area contributed by atoms with E-state index in [-0.39, 0.29) is 17.8 Å². The van der Waals surface area contributed by atoms with Crippen molar-refractivity contribution in [2.75, 3.05) is 13.2 Å². The van der Waals surface area contributed by atoms with E-state index in [1.165, 1.54) is 0 Å². The van der Waals surface area contributed by atoms with Crippen LogP contribution in [0, 0.1) is 17.3 Å². The Morgan fingerprint density at radius 2 is 1.47 bits per heavy atom. The van der Waals surface area contributed by atoms with Crippen molar-refractivity contribution in [3.8, 4) is 0 Å². The number of carbonyl (C=O) groups is 2. The molecule has 4 saturated carbocycles. The summed E-state index contributed by atoms with van der Waals surface area (Å²) in [6.07, 6.45) is -5.61. The zero-order valence-electron chi connectivity index (χ0n) is 20.6. The number of ether oxygens (including phenoxy) is 3. The standard InChI is InChI=1S/C24H33F7O5/c1-4-19(2,3)18(33)36-21-10-15-7-16(11-21)9-20(8-15,13-21)35-12-17(32)34-6-5-22(25,26)14-23(27,28)24(29,30)31/h15-16H,4-14H2,1-3H3. The topological polar surface area (TPSA) is 61.8 Å². The van der Waals surface area contributed by atoms with Gasteiger partial charge in [-0.15, -0.1) is 0 Å². The van der Waals surface area contributed by atoms with Gasteiger partial charge in [-0.3, -0.25) is 4.79 Å². The highest BCUT2D eigenvalue weighted by Gasteiger charge is 2.62. The third-order valence-corrected chi connectivity index (χ3v) is 7.82. The smallest absolute Gasteiger partial charge is 0.453 e. The van der Waals surface area contributed by atoms with Crippen LogP contribution in [0.2, 0.25) is 0 Å². The normalized spacial score (nSPS) is 30.4. The van der Waals surface area contributed by atoms with E-state index in [0.717, 1.165) is 6.42 Å². The van der Waals surface area contributed by atoms with Gasteiger partial charge in [0.15, 0.2) is 0 Å². The predicted molar refractivity (Wildman–Crippen MR) is 112 cm³/mol. The van der Waals surface area contributed by atoms with E-state index in [9.17, 15) is 40.3 Å². The maximum Gasteiger partial charge on any atom is 0.453 e. The minimum atomic E-state index is -6.10. The Hall–Kier alpha value is -1.59. The fraction of sp³-hybridized carbons (Fsp3) is 0.917. The van der Waals surface area contributed by atoms with Gasteiger partial charge in [0.1, 0.15) is 12.2 Å². The SMILES string of the molecule is CCC(C)(C)C(=O)OC12CC3CC(CC(OCC(=O)OCCC(F)(F)CC(F)(F)C(F)(F)F)(C3)C1)C2. The van der Waals surface area contributed by atoms with Crippen LogP contribution in [-0.2, 0) is 23.8 Å². The molecule has 4 aliphatic carbocycles. The average molecular weight is 535 g/mol. The van der Waals surface area contributed by atoms with Gasteiger partial charge in [0.2, 0.25) is 0 Å². The lowest BCUT2D eigenvalue weighted by atomic mass is 9.52. The van der Waals surface area contributed by atoms with Gasteiger partial charge < -0.3 is 14.2 Å². The predicted octanol–water partition coefficient (Wildman–Crippen LogP) is 6.23. The number of esters is 2. The molecule has 12 heteroatoms. The van der Waals surface area contributed by atoms with Crippen LogP contribution in [0.15, 0.2) is 0 Å². The third kappa shape index (κ3) is 6.45. The van der Waals surface area contributed by atoms with E-state index in [1.54, 1.807) is 0 Å². The van der Waals surface area contributed by atoms with Crippen LogP contribution in [0.25, 0.3) is 0 Å². The number of carbonyl (C=O) groups excluding carboxylic acids is 2. The second-order valence-corrected chi connectivity index (χ2v) is 11.4. The molecule has 208 valence electrons. The van der Waals surface area contributed by atoms with Crippen molar-refractivity contribution in [3.63, 3.8) is 0 Å². The molecule has 2 unspecified atom stereocenters. The number of rotatable bonds is 11. The minimum absolute atomic E-state index is 0.244. The highest BCUT2D eigenvalue weighted by molar-refractivity contribution is 5.76. The summed E-state index contributed by atoms with van der Waals surface area (Å²) in [6, 6.07) is 0. The summed E-state index contributed by atoms with van der Waals surface area (Å²) in [7, 11) is 0. The van der Waals surface area contributed by atoms with Gasteiger partial charge in [0.25, 0.3) is 5.92 Å². The molecule has 36 heavy (non-hydrogen) atoms. The third-order valence-electron chi connectivity index (χ3n) is 7.82. The van der Waals surface area contributed by atoms with Crippen LogP contribution in [0.4, 0.5) is 30.7 Å². The first-order valence-corrected chi connectivity index (χ1v) is 12.2. The Balaban J connectivity index is 1.52. The molecule has 0 amide bonds. The number of hydrogen-bond donors (Lipinski definition) is 0. The lowest BCUT2D eigenvalue weighted by Gasteiger charge is -2.60. The Morgan fingerprint density at radius 3 is 2.00 bits per heavy atom. The van der Waals surface area contributed by atoms with Crippen LogP contribution in [0.1, 0.15) is 78.6 Å². The lowest BCUT2D eigenvalue weighted by Crippen LogP contribution is -2.62. The fourth-order valence-electron chi connectivity index (χ4n) is 5.94. The summed E-state index contributed by atoms with van der Waals surface area (Å²) in [5.41, 5.74) is -2.07. The van der Waals surface area contributed by atoms with Crippen molar-refractivity contribution in [1.82, 2.24) is 0 Å². The summed E-state index contributed by atoms with van der Waals surface area (Å²) in [5.74, 6) is -10.8. The monoisotopic (exact) mass is 534 g/mol. The summed E-state index contributed by atoms with van der Waals surface area (Å²) < 4.78 is 106. The van der Waals surface area contributed by atoms with Gasteiger partial charge in [-0.05, 0) is 64.2 Å². The molecule has 4 fully saturated rings. The van der Waals surface area contributed by atoms with Crippen LogP contribution < -0.4 is 0 Å². The summed E-state index contributed by atoms with van der Waals surface area (Å²) in [6.45, 7) is 3.90. The largest absolute Gasteiger partial charge is 0.464 e. The molecule has 4 rings (SSSR count). The van der Waals surface area contributed by atoms with Crippen molar-refractivity contribution >= 4 is 11.9 Å². The van der Waals surface area contributed by atoms with Crippen molar-refractivity contribution < 1.29 is 54.5 Å². The van der Waals surface area contributed by atoms with Gasteiger partial charge in [-0.1, -0.05) is 6.92 Å². The molecule has 0 radical (unpaired) electrons. The van der Waals surface area contributed by atoms with Crippen LogP contribution in [-0.4, -0.2) is 54.4 Å². The molecule has 0 aliphatic heterocycles. The molecule has 0 aromatic heterocycles. The van der Waals surface area contributed by atoms with E-state index < -0.39 is 66.7 Å². The number of alkyl halides is 7. The van der Waals surface area contributed by atoms with Gasteiger partial charge in [-0.2, -0.15) is 22.0 Å². The van der Waals surface area contributed by atoms with Crippen LogP contribution >= 0.6 is 0 Å². The molecular weight excluding hydrogens is 501 g/mol. The highest BCUT2D eigenvalue weighted by Crippen LogP contribution is 2.60. The molecule has 0 spiro atoms. The average Bonchev–Trinajstić information content (AvgIpc) is 2.69. The van der Waals surface area contributed by atoms with E-state index >= 15 is 0 Å². The first-order chi connectivity index (χ1) is 16.3. The summed E-state index contributed by atoms with van der Waals surface area (Å²) in [5, 5.41) is 0. The Bertz CT molecular complexity index is 825. The molecule has 0 N–H and O–H groups in total. The highest BCUT2D eigenvalue weighted by atomic mass is 19.4. The zero-order chi connectivity index (χ0) is 27.2. The van der Waals surface area contributed by atoms with E-state index in [0.29, 0.717) is 38.5 Å². The first-order valence-electron chi connectivity index (χ1n) is 12.2.